The van der Waals surface area contributed by atoms with Crippen molar-refractivity contribution in [3.63, 3.8) is 0 Å². The molecule has 0 aromatic carbocycles. The summed E-state index contributed by atoms with van der Waals surface area (Å²) < 4.78 is 2.09. The molecule has 1 atom stereocenters. The lowest BCUT2D eigenvalue weighted by Gasteiger charge is -2.31. The third kappa shape index (κ3) is 1.86. The van der Waals surface area contributed by atoms with Gasteiger partial charge in [0.05, 0.1) is 17.8 Å². The first-order valence-corrected chi connectivity index (χ1v) is 6.42. The average Bonchev–Trinajstić information content (AvgIpc) is 3.04. The van der Waals surface area contributed by atoms with Gasteiger partial charge in [-0.15, -0.1) is 22.6 Å². The first-order valence-electron chi connectivity index (χ1n) is 6.42. The summed E-state index contributed by atoms with van der Waals surface area (Å²) in [6, 6.07) is 2.25. The van der Waals surface area contributed by atoms with Gasteiger partial charge in [0.1, 0.15) is 0 Å². The zero-order chi connectivity index (χ0) is 12.8. The number of fused-ring (bicyclic) bond motifs is 3. The van der Waals surface area contributed by atoms with E-state index >= 15 is 0 Å². The van der Waals surface area contributed by atoms with Crippen molar-refractivity contribution < 1.29 is 0 Å². The molecule has 0 bridgehead atoms. The molecule has 4 heterocycles. The molecule has 1 saturated heterocycles. The SMILES string of the molecule is CN1CCNC[C@@H]1c1nnc2cnc3[nH]ccc3n12.Cl. The Morgan fingerprint density at radius 1 is 1.35 bits per heavy atom. The van der Waals surface area contributed by atoms with Gasteiger partial charge in [0.15, 0.2) is 17.1 Å². The number of hydrogen-bond donors (Lipinski definition) is 2. The number of aromatic amines is 1. The molecule has 2 N–H and O–H groups in total. The van der Waals surface area contributed by atoms with E-state index in [9.17, 15) is 0 Å². The molecule has 106 valence electrons. The molecular weight excluding hydrogens is 278 g/mol. The molecule has 0 saturated carbocycles. The molecule has 20 heavy (non-hydrogen) atoms. The van der Waals surface area contributed by atoms with Crippen LogP contribution >= 0.6 is 12.4 Å². The van der Waals surface area contributed by atoms with E-state index in [-0.39, 0.29) is 18.4 Å². The molecule has 0 spiro atoms. The first kappa shape index (κ1) is 13.3. The molecule has 0 unspecified atom stereocenters. The van der Waals surface area contributed by atoms with Crippen molar-refractivity contribution >= 4 is 29.2 Å². The minimum Gasteiger partial charge on any atom is -0.345 e. The zero-order valence-electron chi connectivity index (χ0n) is 11.1. The molecular formula is C12H16ClN7. The lowest BCUT2D eigenvalue weighted by Crippen LogP contribution is -2.44. The van der Waals surface area contributed by atoms with Gasteiger partial charge >= 0.3 is 0 Å². The second kappa shape index (κ2) is 5.01. The third-order valence-electron chi connectivity index (χ3n) is 3.78. The number of nitrogens with zero attached hydrogens (tertiary/aromatic N) is 5. The second-order valence-electron chi connectivity index (χ2n) is 4.92. The summed E-state index contributed by atoms with van der Waals surface area (Å²) in [4.78, 5) is 9.78. The maximum absolute atomic E-state index is 4.38. The minimum absolute atomic E-state index is 0. The van der Waals surface area contributed by atoms with Gasteiger partial charge in [-0.3, -0.25) is 9.30 Å². The molecule has 8 heteroatoms. The minimum atomic E-state index is 0. The highest BCUT2D eigenvalue weighted by molar-refractivity contribution is 5.85. The number of piperazine rings is 1. The van der Waals surface area contributed by atoms with Crippen molar-refractivity contribution in [1.82, 2.24) is 34.8 Å². The van der Waals surface area contributed by atoms with Gasteiger partial charge in [-0.25, -0.2) is 4.98 Å². The Morgan fingerprint density at radius 3 is 3.10 bits per heavy atom. The van der Waals surface area contributed by atoms with Gasteiger partial charge in [-0.05, 0) is 13.1 Å². The number of nitrogens with one attached hydrogen (secondary N) is 2. The van der Waals surface area contributed by atoms with E-state index in [1.54, 1.807) is 6.20 Å². The van der Waals surface area contributed by atoms with E-state index in [1.165, 1.54) is 0 Å². The Morgan fingerprint density at radius 2 is 2.25 bits per heavy atom. The van der Waals surface area contributed by atoms with Crippen molar-refractivity contribution in [2.75, 3.05) is 26.7 Å². The lowest BCUT2D eigenvalue weighted by molar-refractivity contribution is 0.193. The fraction of sp³-hybridized carbons (Fsp3) is 0.417. The van der Waals surface area contributed by atoms with Gasteiger partial charge in [0, 0.05) is 25.8 Å². The highest BCUT2D eigenvalue weighted by Crippen LogP contribution is 2.22. The van der Waals surface area contributed by atoms with Crippen LogP contribution in [0.2, 0.25) is 0 Å². The largest absolute Gasteiger partial charge is 0.345 e. The van der Waals surface area contributed by atoms with E-state index in [0.717, 1.165) is 42.3 Å². The van der Waals surface area contributed by atoms with E-state index in [4.69, 9.17) is 0 Å². The molecule has 4 rings (SSSR count). The number of halogens is 1. The number of aromatic nitrogens is 5. The maximum Gasteiger partial charge on any atom is 0.180 e. The van der Waals surface area contributed by atoms with Crippen LogP contribution in [0.5, 0.6) is 0 Å². The predicted molar refractivity (Wildman–Crippen MR) is 78.1 cm³/mol. The molecule has 0 amide bonds. The van der Waals surface area contributed by atoms with Crippen LogP contribution < -0.4 is 5.32 Å². The van der Waals surface area contributed by atoms with Crippen molar-refractivity contribution in [2.24, 2.45) is 0 Å². The molecule has 1 aliphatic heterocycles. The molecule has 1 fully saturated rings. The monoisotopic (exact) mass is 293 g/mol. The Bertz CT molecular complexity index is 734. The Hall–Kier alpha value is -1.70. The van der Waals surface area contributed by atoms with Crippen molar-refractivity contribution in [2.45, 2.75) is 6.04 Å². The summed E-state index contributed by atoms with van der Waals surface area (Å²) in [6.07, 6.45) is 3.65. The van der Waals surface area contributed by atoms with Crippen LogP contribution in [0.15, 0.2) is 18.5 Å². The summed E-state index contributed by atoms with van der Waals surface area (Å²) in [5.74, 6) is 0.969. The second-order valence-corrected chi connectivity index (χ2v) is 4.92. The fourth-order valence-corrected chi connectivity index (χ4v) is 2.71. The summed E-state index contributed by atoms with van der Waals surface area (Å²) in [5, 5.41) is 12.0. The average molecular weight is 294 g/mol. The van der Waals surface area contributed by atoms with Crippen LogP contribution in [0, 0.1) is 0 Å². The molecule has 7 nitrogen and oxygen atoms in total. The van der Waals surface area contributed by atoms with Crippen LogP contribution in [0.3, 0.4) is 0 Å². The Balaban J connectivity index is 0.00000121. The summed E-state index contributed by atoms with van der Waals surface area (Å²) >= 11 is 0. The molecule has 3 aromatic heterocycles. The van der Waals surface area contributed by atoms with Crippen molar-refractivity contribution in [3.05, 3.63) is 24.3 Å². The van der Waals surface area contributed by atoms with Gasteiger partial charge in [-0.2, -0.15) is 0 Å². The number of hydrogen-bond acceptors (Lipinski definition) is 5. The summed E-state index contributed by atoms with van der Waals surface area (Å²) in [6.45, 7) is 2.93. The molecule has 0 radical (unpaired) electrons. The van der Waals surface area contributed by atoms with Crippen LogP contribution in [0.25, 0.3) is 16.8 Å². The van der Waals surface area contributed by atoms with Crippen LogP contribution in [-0.2, 0) is 0 Å². The third-order valence-corrected chi connectivity index (χ3v) is 3.78. The zero-order valence-corrected chi connectivity index (χ0v) is 11.9. The Kier molecular flexibility index (Phi) is 3.33. The highest BCUT2D eigenvalue weighted by atomic mass is 35.5. The summed E-state index contributed by atoms with van der Waals surface area (Å²) in [5.41, 5.74) is 2.68. The highest BCUT2D eigenvalue weighted by Gasteiger charge is 2.25. The quantitative estimate of drug-likeness (QED) is 0.687. The first-order chi connectivity index (χ1) is 9.34. The van der Waals surface area contributed by atoms with Crippen molar-refractivity contribution in [1.29, 1.82) is 0 Å². The molecule has 3 aromatic rings. The van der Waals surface area contributed by atoms with Gasteiger partial charge < -0.3 is 10.3 Å². The van der Waals surface area contributed by atoms with Gasteiger partial charge in [0.25, 0.3) is 0 Å². The van der Waals surface area contributed by atoms with Crippen molar-refractivity contribution in [3.8, 4) is 0 Å². The smallest absolute Gasteiger partial charge is 0.180 e. The predicted octanol–water partition coefficient (Wildman–Crippen LogP) is 0.603. The maximum atomic E-state index is 4.38. The summed E-state index contributed by atoms with van der Waals surface area (Å²) in [7, 11) is 2.13. The standard InChI is InChI=1S/C12H15N7.ClH/c1-18-5-4-13-6-9(18)12-17-16-10-7-15-11-8(19(10)12)2-3-14-11;/h2-3,7,9,13-14H,4-6H2,1H3;1H/t9-;/m1./s1. The van der Waals surface area contributed by atoms with Crippen LogP contribution in [-0.4, -0.2) is 56.1 Å². The number of likely N-dealkylation sites (N-methyl/N-ethyl adjacent to an activating group) is 1. The van der Waals surface area contributed by atoms with Crippen LogP contribution in [0.1, 0.15) is 11.9 Å². The normalized spacial score (nSPS) is 20.4. The number of H-pyrrole nitrogens is 1. The molecule has 0 aliphatic carbocycles. The van der Waals surface area contributed by atoms with Crippen LogP contribution in [0.4, 0.5) is 0 Å². The van der Waals surface area contributed by atoms with E-state index in [0.29, 0.717) is 0 Å². The van der Waals surface area contributed by atoms with E-state index < -0.39 is 0 Å². The van der Waals surface area contributed by atoms with E-state index in [1.807, 2.05) is 12.3 Å². The van der Waals surface area contributed by atoms with Gasteiger partial charge in [-0.1, -0.05) is 0 Å². The lowest BCUT2D eigenvalue weighted by atomic mass is 10.2. The molecule has 1 aliphatic rings. The number of rotatable bonds is 1. The fourth-order valence-electron chi connectivity index (χ4n) is 2.71. The Labute approximate surface area is 121 Å². The van der Waals surface area contributed by atoms with E-state index in [2.05, 4.69) is 41.8 Å². The topological polar surface area (TPSA) is 74.1 Å². The van der Waals surface area contributed by atoms with Gasteiger partial charge in [0.2, 0.25) is 0 Å².